The molecule has 0 aliphatic carbocycles. The van der Waals surface area contributed by atoms with E-state index in [1.807, 2.05) is 42.5 Å². The highest BCUT2D eigenvalue weighted by Gasteiger charge is 2.15. The van der Waals surface area contributed by atoms with Gasteiger partial charge in [0, 0.05) is 12.0 Å². The van der Waals surface area contributed by atoms with Crippen molar-refractivity contribution >= 4 is 5.78 Å². The van der Waals surface area contributed by atoms with E-state index in [9.17, 15) is 4.79 Å². The van der Waals surface area contributed by atoms with Crippen molar-refractivity contribution < 1.29 is 9.53 Å². The Morgan fingerprint density at radius 3 is 2.25 bits per heavy atom. The summed E-state index contributed by atoms with van der Waals surface area (Å²) in [5.74, 6) is 1.24. The number of Topliss-reactive ketones (excluding diaryl/α,β-unsaturated/α-hetero) is 1. The van der Waals surface area contributed by atoms with Gasteiger partial charge in [-0.05, 0) is 42.2 Å². The summed E-state index contributed by atoms with van der Waals surface area (Å²) in [6, 6.07) is 17.6. The summed E-state index contributed by atoms with van der Waals surface area (Å²) in [7, 11) is 1.62. The van der Waals surface area contributed by atoms with Gasteiger partial charge in [0.2, 0.25) is 0 Å². The molecule has 0 spiro atoms. The van der Waals surface area contributed by atoms with Crippen LogP contribution in [0, 0.1) is 0 Å². The van der Waals surface area contributed by atoms with E-state index < -0.39 is 0 Å². The van der Waals surface area contributed by atoms with E-state index in [0.29, 0.717) is 6.42 Å². The molecule has 104 valence electrons. The summed E-state index contributed by atoms with van der Waals surface area (Å²) >= 11 is 0. The third kappa shape index (κ3) is 3.47. The monoisotopic (exact) mass is 268 g/mol. The van der Waals surface area contributed by atoms with Gasteiger partial charge in [-0.2, -0.15) is 0 Å². The Hall–Kier alpha value is -2.09. The van der Waals surface area contributed by atoms with Crippen LogP contribution in [-0.4, -0.2) is 12.9 Å². The van der Waals surface area contributed by atoms with E-state index in [4.69, 9.17) is 4.74 Å². The van der Waals surface area contributed by atoms with Crippen molar-refractivity contribution in [2.24, 2.45) is 0 Å². The van der Waals surface area contributed by atoms with E-state index in [1.54, 1.807) is 7.11 Å². The van der Waals surface area contributed by atoms with Crippen molar-refractivity contribution in [2.45, 2.75) is 25.7 Å². The summed E-state index contributed by atoms with van der Waals surface area (Å²) in [5, 5.41) is 0. The number of carbonyl (C=O) groups is 1. The van der Waals surface area contributed by atoms with Gasteiger partial charge >= 0.3 is 0 Å². The van der Waals surface area contributed by atoms with Crippen molar-refractivity contribution in [3.05, 3.63) is 65.7 Å². The molecule has 0 fully saturated rings. The largest absolute Gasteiger partial charge is 0.497 e. The first kappa shape index (κ1) is 14.3. The third-order valence-electron chi connectivity index (χ3n) is 3.61. The SMILES string of the molecule is CC[C@@H](CC(=O)c1ccc(OC)cc1)c1ccccc1. The van der Waals surface area contributed by atoms with Gasteiger partial charge in [-0.25, -0.2) is 0 Å². The van der Waals surface area contributed by atoms with Gasteiger partial charge in [0.25, 0.3) is 0 Å². The second kappa shape index (κ2) is 6.90. The smallest absolute Gasteiger partial charge is 0.163 e. The lowest BCUT2D eigenvalue weighted by Crippen LogP contribution is -2.07. The average molecular weight is 268 g/mol. The normalized spacial score (nSPS) is 11.9. The molecule has 0 unspecified atom stereocenters. The lowest BCUT2D eigenvalue weighted by Gasteiger charge is -2.14. The summed E-state index contributed by atoms with van der Waals surface area (Å²) in [6.45, 7) is 2.12. The highest BCUT2D eigenvalue weighted by Crippen LogP contribution is 2.25. The Labute approximate surface area is 120 Å². The van der Waals surface area contributed by atoms with Gasteiger partial charge in [-0.15, -0.1) is 0 Å². The second-order valence-electron chi connectivity index (χ2n) is 4.87. The summed E-state index contributed by atoms with van der Waals surface area (Å²) in [5.41, 5.74) is 1.98. The van der Waals surface area contributed by atoms with E-state index in [1.165, 1.54) is 5.56 Å². The summed E-state index contributed by atoms with van der Waals surface area (Å²) in [6.07, 6.45) is 1.51. The number of methoxy groups -OCH3 is 1. The Balaban J connectivity index is 2.09. The minimum Gasteiger partial charge on any atom is -0.497 e. The van der Waals surface area contributed by atoms with Crippen molar-refractivity contribution in [2.75, 3.05) is 7.11 Å². The van der Waals surface area contributed by atoms with Crippen LogP contribution in [0.1, 0.15) is 41.6 Å². The molecule has 0 radical (unpaired) electrons. The molecule has 20 heavy (non-hydrogen) atoms. The van der Waals surface area contributed by atoms with Crippen LogP contribution in [0.3, 0.4) is 0 Å². The Bertz CT molecular complexity index is 543. The molecule has 0 heterocycles. The minimum absolute atomic E-state index is 0.184. The number of ketones is 1. The van der Waals surface area contributed by atoms with Crippen molar-refractivity contribution in [3.63, 3.8) is 0 Å². The van der Waals surface area contributed by atoms with E-state index in [0.717, 1.165) is 17.7 Å². The molecule has 0 saturated carbocycles. The minimum atomic E-state index is 0.184. The molecule has 1 atom stereocenters. The maximum absolute atomic E-state index is 12.3. The number of hydrogen-bond acceptors (Lipinski definition) is 2. The topological polar surface area (TPSA) is 26.3 Å². The number of carbonyl (C=O) groups excluding carboxylic acids is 1. The van der Waals surface area contributed by atoms with E-state index >= 15 is 0 Å². The zero-order chi connectivity index (χ0) is 14.4. The van der Waals surface area contributed by atoms with Crippen LogP contribution in [0.25, 0.3) is 0 Å². The molecule has 0 aromatic heterocycles. The number of hydrogen-bond donors (Lipinski definition) is 0. The fraction of sp³-hybridized carbons (Fsp3) is 0.278. The van der Waals surface area contributed by atoms with Crippen LogP contribution in [0.4, 0.5) is 0 Å². The quantitative estimate of drug-likeness (QED) is 0.723. The summed E-state index contributed by atoms with van der Waals surface area (Å²) < 4.78 is 5.11. The highest BCUT2D eigenvalue weighted by atomic mass is 16.5. The first-order chi connectivity index (χ1) is 9.74. The molecule has 2 rings (SSSR count). The number of rotatable bonds is 6. The maximum atomic E-state index is 12.3. The molecule has 0 aliphatic heterocycles. The highest BCUT2D eigenvalue weighted by molar-refractivity contribution is 5.96. The van der Waals surface area contributed by atoms with Crippen LogP contribution in [-0.2, 0) is 0 Å². The zero-order valence-electron chi connectivity index (χ0n) is 12.0. The second-order valence-corrected chi connectivity index (χ2v) is 4.87. The lowest BCUT2D eigenvalue weighted by atomic mass is 9.89. The Kier molecular flexibility index (Phi) is 4.94. The van der Waals surface area contributed by atoms with Crippen molar-refractivity contribution in [3.8, 4) is 5.75 Å². The molecule has 0 N–H and O–H groups in total. The molecule has 2 aromatic rings. The standard InChI is InChI=1S/C18H20O2/c1-3-14(15-7-5-4-6-8-15)13-18(19)16-9-11-17(20-2)12-10-16/h4-12,14H,3,13H2,1-2H3/t14-/m0/s1. The van der Waals surface area contributed by atoms with Crippen LogP contribution >= 0.6 is 0 Å². The van der Waals surface area contributed by atoms with E-state index in [-0.39, 0.29) is 11.7 Å². The van der Waals surface area contributed by atoms with E-state index in [2.05, 4.69) is 19.1 Å². The predicted molar refractivity (Wildman–Crippen MR) is 81.4 cm³/mol. The first-order valence-electron chi connectivity index (χ1n) is 6.96. The molecular weight excluding hydrogens is 248 g/mol. The van der Waals surface area contributed by atoms with Gasteiger partial charge in [-0.3, -0.25) is 4.79 Å². The van der Waals surface area contributed by atoms with Crippen molar-refractivity contribution in [1.82, 2.24) is 0 Å². The maximum Gasteiger partial charge on any atom is 0.163 e. The van der Waals surface area contributed by atoms with Gasteiger partial charge < -0.3 is 4.74 Å². The molecule has 0 amide bonds. The van der Waals surface area contributed by atoms with Crippen molar-refractivity contribution in [1.29, 1.82) is 0 Å². The third-order valence-corrected chi connectivity index (χ3v) is 3.61. The van der Waals surface area contributed by atoms with Gasteiger partial charge in [0.1, 0.15) is 5.75 Å². The average Bonchev–Trinajstić information content (AvgIpc) is 2.53. The fourth-order valence-electron chi connectivity index (χ4n) is 2.34. The lowest BCUT2D eigenvalue weighted by molar-refractivity contribution is 0.0973. The van der Waals surface area contributed by atoms with Crippen LogP contribution < -0.4 is 4.74 Å². The van der Waals surface area contributed by atoms with Crippen LogP contribution in [0.15, 0.2) is 54.6 Å². The van der Waals surface area contributed by atoms with Gasteiger partial charge in [0.05, 0.1) is 7.11 Å². The fourth-order valence-corrected chi connectivity index (χ4v) is 2.34. The molecule has 0 aliphatic rings. The van der Waals surface area contributed by atoms with Crippen LogP contribution in [0.2, 0.25) is 0 Å². The Morgan fingerprint density at radius 1 is 1.05 bits per heavy atom. The predicted octanol–water partition coefficient (Wildman–Crippen LogP) is 4.46. The summed E-state index contributed by atoms with van der Waals surface area (Å²) in [4.78, 5) is 12.3. The molecule has 0 saturated heterocycles. The molecule has 2 nitrogen and oxygen atoms in total. The molecule has 0 bridgehead atoms. The van der Waals surface area contributed by atoms with Crippen LogP contribution in [0.5, 0.6) is 5.75 Å². The zero-order valence-corrected chi connectivity index (χ0v) is 12.0. The number of benzene rings is 2. The molecule has 2 heteroatoms. The number of ether oxygens (including phenoxy) is 1. The van der Waals surface area contributed by atoms with Gasteiger partial charge in [-0.1, -0.05) is 37.3 Å². The first-order valence-corrected chi connectivity index (χ1v) is 6.96. The molecular formula is C18H20O2. The Morgan fingerprint density at radius 2 is 1.70 bits per heavy atom. The van der Waals surface area contributed by atoms with Gasteiger partial charge in [0.15, 0.2) is 5.78 Å². The molecule has 2 aromatic carbocycles.